The maximum atomic E-state index is 12.8. The molecular weight excluding hydrogens is 338 g/mol. The second-order valence-corrected chi connectivity index (χ2v) is 9.02. The van der Waals surface area contributed by atoms with Gasteiger partial charge in [-0.1, -0.05) is 6.07 Å². The van der Waals surface area contributed by atoms with Gasteiger partial charge in [-0.2, -0.15) is 0 Å². The summed E-state index contributed by atoms with van der Waals surface area (Å²) in [4.78, 5) is 17.9. The number of aromatic nitrogens is 2. The molecule has 1 aromatic carbocycles. The van der Waals surface area contributed by atoms with E-state index in [2.05, 4.69) is 9.97 Å². The zero-order chi connectivity index (χ0) is 18.4. The highest BCUT2D eigenvalue weighted by Gasteiger charge is 2.23. The number of aliphatic hydroxyl groups is 1. The van der Waals surface area contributed by atoms with E-state index in [9.17, 15) is 14.1 Å². The van der Waals surface area contributed by atoms with Gasteiger partial charge in [0.25, 0.3) is 5.56 Å². The van der Waals surface area contributed by atoms with Gasteiger partial charge in [0.2, 0.25) is 0 Å². The van der Waals surface area contributed by atoms with Gasteiger partial charge in [-0.25, -0.2) is 8.99 Å². The lowest BCUT2D eigenvalue weighted by atomic mass is 9.99. The summed E-state index contributed by atoms with van der Waals surface area (Å²) in [6.45, 7) is 5.01. The number of hydrogen-bond donors (Lipinski definition) is 4. The summed E-state index contributed by atoms with van der Waals surface area (Å²) in [5.74, 6) is -0.145. The van der Waals surface area contributed by atoms with E-state index in [1.54, 1.807) is 38.4 Å². The molecule has 0 saturated heterocycles. The van der Waals surface area contributed by atoms with Gasteiger partial charge >= 0.3 is 0 Å². The predicted octanol–water partition coefficient (Wildman–Crippen LogP) is 3.01. The van der Waals surface area contributed by atoms with E-state index < -0.39 is 15.3 Å². The molecule has 132 valence electrons. The Morgan fingerprint density at radius 1 is 1.20 bits per heavy atom. The lowest BCUT2D eigenvalue weighted by Gasteiger charge is -2.20. The van der Waals surface area contributed by atoms with Crippen molar-refractivity contribution >= 4 is 20.6 Å². The Morgan fingerprint density at radius 3 is 2.60 bits per heavy atom. The highest BCUT2D eigenvalue weighted by Crippen LogP contribution is 2.31. The van der Waals surface area contributed by atoms with E-state index in [0.29, 0.717) is 10.4 Å². The van der Waals surface area contributed by atoms with Crippen molar-refractivity contribution in [3.05, 3.63) is 52.6 Å². The molecule has 6 nitrogen and oxygen atoms in total. The van der Waals surface area contributed by atoms with E-state index in [4.69, 9.17) is 4.78 Å². The minimum absolute atomic E-state index is 0.145. The van der Waals surface area contributed by atoms with E-state index >= 15 is 0 Å². The van der Waals surface area contributed by atoms with E-state index in [0.717, 1.165) is 22.1 Å². The largest absolute Gasteiger partial charge is 0.389 e. The molecule has 7 heteroatoms. The summed E-state index contributed by atoms with van der Waals surface area (Å²) in [7, 11) is -3.14. The van der Waals surface area contributed by atoms with Crippen LogP contribution in [0.1, 0.15) is 19.4 Å². The van der Waals surface area contributed by atoms with Crippen molar-refractivity contribution in [2.45, 2.75) is 31.3 Å². The molecule has 0 saturated carbocycles. The molecule has 0 bridgehead atoms. The fourth-order valence-electron chi connectivity index (χ4n) is 2.97. The second kappa shape index (κ2) is 5.86. The van der Waals surface area contributed by atoms with Gasteiger partial charge in [-0.05, 0) is 50.1 Å². The Kier molecular flexibility index (Phi) is 4.09. The van der Waals surface area contributed by atoms with Crippen molar-refractivity contribution in [1.82, 2.24) is 9.97 Å². The smallest absolute Gasteiger partial charge is 0.272 e. The Balaban J connectivity index is 2.20. The summed E-state index contributed by atoms with van der Waals surface area (Å²) < 4.78 is 21.0. The molecule has 0 spiro atoms. The van der Waals surface area contributed by atoms with Gasteiger partial charge < -0.3 is 15.1 Å². The molecule has 2 heterocycles. The summed E-state index contributed by atoms with van der Waals surface area (Å²) in [6.07, 6.45) is 3.33. The monoisotopic (exact) mass is 359 g/mol. The number of hydrogen-bond acceptors (Lipinski definition) is 4. The first-order valence-corrected chi connectivity index (χ1v) is 9.60. The first-order chi connectivity index (χ1) is 11.6. The zero-order valence-corrected chi connectivity index (χ0v) is 15.2. The molecule has 3 rings (SSSR count). The topological polar surface area (TPSA) is 110 Å². The minimum Gasteiger partial charge on any atom is -0.389 e. The fourth-order valence-corrected chi connectivity index (χ4v) is 4.73. The van der Waals surface area contributed by atoms with Crippen LogP contribution in [0.2, 0.25) is 0 Å². The zero-order valence-electron chi connectivity index (χ0n) is 14.3. The summed E-state index contributed by atoms with van der Waals surface area (Å²) in [5.41, 5.74) is 1.62. The number of aryl methyl sites for hydroxylation is 1. The Labute approximate surface area is 145 Å². The van der Waals surface area contributed by atoms with Crippen LogP contribution in [0.4, 0.5) is 0 Å². The fraction of sp³-hybridized carbons (Fsp3) is 0.278. The Bertz CT molecular complexity index is 1100. The van der Waals surface area contributed by atoms with Crippen LogP contribution in [-0.4, -0.2) is 30.6 Å². The standard InChI is InChI=1S/C18H21N3O3S/c1-11-4-5-12(25(19,24)10-18(2,3)23)8-14(11)15-9-21-17(22)16-13(15)6-7-20-16/h4-9,19-20,23H,10H2,1-3H3,(H,21,22). The van der Waals surface area contributed by atoms with Crippen LogP contribution in [0.5, 0.6) is 0 Å². The maximum Gasteiger partial charge on any atom is 0.272 e. The van der Waals surface area contributed by atoms with Gasteiger partial charge in [0.15, 0.2) is 0 Å². The lowest BCUT2D eigenvalue weighted by molar-refractivity contribution is 0.105. The van der Waals surface area contributed by atoms with Gasteiger partial charge in [0, 0.05) is 28.2 Å². The highest BCUT2D eigenvalue weighted by molar-refractivity contribution is 7.92. The van der Waals surface area contributed by atoms with Crippen LogP contribution in [0.15, 0.2) is 46.3 Å². The van der Waals surface area contributed by atoms with Crippen LogP contribution in [0.3, 0.4) is 0 Å². The molecule has 3 aromatic rings. The van der Waals surface area contributed by atoms with Crippen LogP contribution < -0.4 is 5.56 Å². The van der Waals surface area contributed by atoms with Gasteiger partial charge in [-0.15, -0.1) is 0 Å². The van der Waals surface area contributed by atoms with E-state index in [1.807, 2.05) is 19.1 Å². The number of H-pyrrole nitrogens is 2. The van der Waals surface area contributed by atoms with Crippen LogP contribution in [0, 0.1) is 11.7 Å². The maximum absolute atomic E-state index is 12.8. The average molecular weight is 359 g/mol. The SMILES string of the molecule is Cc1ccc(S(=N)(=O)CC(C)(C)O)cc1-c1c[nH]c(=O)c2[nH]ccc12. The van der Waals surface area contributed by atoms with Crippen molar-refractivity contribution in [3.63, 3.8) is 0 Å². The van der Waals surface area contributed by atoms with Crippen LogP contribution in [0.25, 0.3) is 22.0 Å². The number of fused-ring (bicyclic) bond motifs is 1. The van der Waals surface area contributed by atoms with Crippen LogP contribution in [-0.2, 0) is 9.73 Å². The van der Waals surface area contributed by atoms with Gasteiger partial charge in [-0.3, -0.25) is 4.79 Å². The molecule has 1 unspecified atom stereocenters. The lowest BCUT2D eigenvalue weighted by Crippen LogP contribution is -2.29. The molecule has 0 aliphatic carbocycles. The molecule has 0 amide bonds. The summed E-state index contributed by atoms with van der Waals surface area (Å²) >= 11 is 0. The van der Waals surface area contributed by atoms with E-state index in [1.165, 1.54) is 0 Å². The molecule has 0 fully saturated rings. The molecule has 0 aliphatic heterocycles. The van der Waals surface area contributed by atoms with E-state index in [-0.39, 0.29) is 11.3 Å². The van der Waals surface area contributed by atoms with Crippen molar-refractivity contribution in [2.24, 2.45) is 0 Å². The van der Waals surface area contributed by atoms with Crippen molar-refractivity contribution in [1.29, 1.82) is 4.78 Å². The third kappa shape index (κ3) is 3.38. The number of pyridine rings is 1. The first kappa shape index (κ1) is 17.4. The predicted molar refractivity (Wildman–Crippen MR) is 99.4 cm³/mol. The molecule has 2 aromatic heterocycles. The third-order valence-electron chi connectivity index (χ3n) is 4.05. The number of rotatable bonds is 4. The number of nitrogens with one attached hydrogen (secondary N) is 3. The minimum atomic E-state index is -3.14. The van der Waals surface area contributed by atoms with Crippen molar-refractivity contribution < 1.29 is 9.32 Å². The van der Waals surface area contributed by atoms with Crippen molar-refractivity contribution in [3.8, 4) is 11.1 Å². The van der Waals surface area contributed by atoms with Gasteiger partial charge in [0.1, 0.15) is 5.52 Å². The number of benzene rings is 1. The summed E-state index contributed by atoms with van der Waals surface area (Å²) in [6, 6.07) is 7.02. The molecule has 25 heavy (non-hydrogen) atoms. The van der Waals surface area contributed by atoms with Crippen LogP contribution >= 0.6 is 0 Å². The number of aromatic amines is 2. The first-order valence-electron chi connectivity index (χ1n) is 7.87. The Morgan fingerprint density at radius 2 is 1.92 bits per heavy atom. The third-order valence-corrected chi connectivity index (χ3v) is 6.18. The van der Waals surface area contributed by atoms with Gasteiger partial charge in [0.05, 0.1) is 21.1 Å². The molecule has 0 aliphatic rings. The second-order valence-electron chi connectivity index (χ2n) is 6.91. The molecular formula is C18H21N3O3S. The van der Waals surface area contributed by atoms with Crippen molar-refractivity contribution in [2.75, 3.05) is 5.75 Å². The highest BCUT2D eigenvalue weighted by atomic mass is 32.2. The molecule has 0 radical (unpaired) electrons. The average Bonchev–Trinajstić information content (AvgIpc) is 2.96. The molecule has 4 N–H and O–H groups in total. The quantitative estimate of drug-likeness (QED) is 0.575. The normalized spacial score (nSPS) is 14.6. The summed E-state index contributed by atoms with van der Waals surface area (Å²) in [5, 5.41) is 10.7. The Hall–Kier alpha value is -2.38. The molecule has 1 atom stereocenters.